The zero-order valence-electron chi connectivity index (χ0n) is 9.06. The molecule has 1 aromatic carbocycles. The monoisotopic (exact) mass is 254 g/mol. The van der Waals surface area contributed by atoms with Crippen molar-refractivity contribution in [1.82, 2.24) is 4.90 Å². The topological polar surface area (TPSA) is 63.4 Å². The van der Waals surface area contributed by atoms with E-state index in [9.17, 15) is 14.9 Å². The molecule has 0 N–H and O–H groups in total. The van der Waals surface area contributed by atoms with Gasteiger partial charge in [-0.05, 0) is 25.0 Å². The van der Waals surface area contributed by atoms with E-state index in [1.807, 2.05) is 0 Å². The number of nitro groups is 1. The fourth-order valence-corrected chi connectivity index (χ4v) is 2.09. The molecule has 0 radical (unpaired) electrons. The van der Waals surface area contributed by atoms with E-state index in [1.165, 1.54) is 18.2 Å². The first-order chi connectivity index (χ1) is 8.09. The van der Waals surface area contributed by atoms with Gasteiger partial charge in [0, 0.05) is 24.2 Å². The van der Waals surface area contributed by atoms with E-state index in [2.05, 4.69) is 0 Å². The lowest BCUT2D eigenvalue weighted by Gasteiger charge is -2.15. The summed E-state index contributed by atoms with van der Waals surface area (Å²) in [6.07, 6.45) is 1.90. The number of nitrogens with zero attached hydrogens (tertiary/aromatic N) is 2. The fraction of sp³-hybridized carbons (Fsp3) is 0.364. The van der Waals surface area contributed by atoms with Crippen LogP contribution >= 0.6 is 11.6 Å². The Morgan fingerprint density at radius 1 is 1.35 bits per heavy atom. The van der Waals surface area contributed by atoms with Crippen molar-refractivity contribution in [2.45, 2.75) is 12.8 Å². The maximum Gasteiger partial charge on any atom is 0.283 e. The molecule has 17 heavy (non-hydrogen) atoms. The molecular weight excluding hydrogens is 244 g/mol. The summed E-state index contributed by atoms with van der Waals surface area (Å²) in [7, 11) is 0. The lowest BCUT2D eigenvalue weighted by atomic mass is 10.1. The second-order valence-corrected chi connectivity index (χ2v) is 4.35. The number of likely N-dealkylation sites (tertiary alicyclic amines) is 1. The van der Waals surface area contributed by atoms with E-state index in [4.69, 9.17) is 11.6 Å². The summed E-state index contributed by atoms with van der Waals surface area (Å²) in [5.41, 5.74) is -0.115. The molecule has 1 amide bonds. The minimum Gasteiger partial charge on any atom is -0.338 e. The lowest BCUT2D eigenvalue weighted by Crippen LogP contribution is -2.28. The summed E-state index contributed by atoms with van der Waals surface area (Å²) in [5, 5.41) is 11.1. The molecule has 5 nitrogen and oxygen atoms in total. The molecule has 0 aliphatic carbocycles. The molecule has 1 fully saturated rings. The van der Waals surface area contributed by atoms with Gasteiger partial charge in [-0.15, -0.1) is 0 Å². The summed E-state index contributed by atoms with van der Waals surface area (Å²) in [6, 6.07) is 4.13. The molecule has 1 heterocycles. The predicted octanol–water partition coefficient (Wildman–Crippen LogP) is 2.48. The van der Waals surface area contributed by atoms with Crippen LogP contribution in [0.1, 0.15) is 23.2 Å². The van der Waals surface area contributed by atoms with Crippen LogP contribution in [0.3, 0.4) is 0 Å². The smallest absolute Gasteiger partial charge is 0.283 e. The summed E-state index contributed by atoms with van der Waals surface area (Å²) in [6.45, 7) is 1.33. The van der Waals surface area contributed by atoms with Crippen molar-refractivity contribution in [2.24, 2.45) is 0 Å². The molecule has 0 aromatic heterocycles. The highest BCUT2D eigenvalue weighted by molar-refractivity contribution is 6.31. The number of hydrogen-bond acceptors (Lipinski definition) is 3. The Hall–Kier alpha value is -1.62. The fourth-order valence-electron chi connectivity index (χ4n) is 1.93. The van der Waals surface area contributed by atoms with E-state index in [-0.39, 0.29) is 22.2 Å². The second kappa shape index (κ2) is 4.71. The van der Waals surface area contributed by atoms with Gasteiger partial charge in [0.1, 0.15) is 5.56 Å². The van der Waals surface area contributed by atoms with Crippen molar-refractivity contribution < 1.29 is 9.72 Å². The average Bonchev–Trinajstić information content (AvgIpc) is 2.81. The second-order valence-electron chi connectivity index (χ2n) is 3.92. The van der Waals surface area contributed by atoms with Gasteiger partial charge in [0.2, 0.25) is 0 Å². The van der Waals surface area contributed by atoms with Crippen LogP contribution < -0.4 is 0 Å². The maximum atomic E-state index is 12.1. The van der Waals surface area contributed by atoms with Crippen LogP contribution in [0.25, 0.3) is 0 Å². The van der Waals surface area contributed by atoms with E-state index in [0.29, 0.717) is 13.1 Å². The van der Waals surface area contributed by atoms with E-state index in [1.54, 1.807) is 4.90 Å². The van der Waals surface area contributed by atoms with Crippen LogP contribution in [-0.2, 0) is 0 Å². The zero-order chi connectivity index (χ0) is 12.4. The number of nitro benzene ring substituents is 1. The quantitative estimate of drug-likeness (QED) is 0.602. The van der Waals surface area contributed by atoms with Gasteiger partial charge in [-0.1, -0.05) is 11.6 Å². The van der Waals surface area contributed by atoms with Crippen LogP contribution in [0.15, 0.2) is 18.2 Å². The Kier molecular flexibility index (Phi) is 3.28. The SMILES string of the molecule is O=C(c1ccc(Cl)cc1[N+](=O)[O-])N1CCCC1. The largest absolute Gasteiger partial charge is 0.338 e. The third-order valence-corrected chi connectivity index (χ3v) is 3.02. The van der Waals surface area contributed by atoms with E-state index in [0.717, 1.165) is 12.8 Å². The highest BCUT2D eigenvalue weighted by Gasteiger charge is 2.26. The Labute approximate surface area is 103 Å². The molecule has 0 spiro atoms. The minimum absolute atomic E-state index is 0.112. The molecule has 1 aliphatic heterocycles. The third kappa shape index (κ3) is 2.39. The number of carbonyl (C=O) groups is 1. The molecule has 0 saturated carbocycles. The highest BCUT2D eigenvalue weighted by atomic mass is 35.5. The van der Waals surface area contributed by atoms with Crippen molar-refractivity contribution in [3.8, 4) is 0 Å². The summed E-state index contributed by atoms with van der Waals surface area (Å²) >= 11 is 5.70. The Morgan fingerprint density at radius 2 is 2.00 bits per heavy atom. The Balaban J connectivity index is 2.36. The molecule has 1 aliphatic rings. The molecule has 0 bridgehead atoms. The summed E-state index contributed by atoms with van der Waals surface area (Å²) in [4.78, 5) is 24.0. The molecule has 1 aromatic rings. The molecule has 0 unspecified atom stereocenters. The van der Waals surface area contributed by atoms with Crippen molar-refractivity contribution in [2.75, 3.05) is 13.1 Å². The predicted molar refractivity (Wildman–Crippen MR) is 63.2 cm³/mol. The minimum atomic E-state index is -0.574. The van der Waals surface area contributed by atoms with Gasteiger partial charge in [-0.25, -0.2) is 0 Å². The normalized spacial score (nSPS) is 15.0. The van der Waals surface area contributed by atoms with Crippen LogP contribution in [0.5, 0.6) is 0 Å². The van der Waals surface area contributed by atoms with E-state index < -0.39 is 4.92 Å². The number of halogens is 1. The van der Waals surface area contributed by atoms with Gasteiger partial charge in [0.05, 0.1) is 4.92 Å². The van der Waals surface area contributed by atoms with Crippen molar-refractivity contribution >= 4 is 23.2 Å². The Morgan fingerprint density at radius 3 is 2.59 bits per heavy atom. The molecule has 6 heteroatoms. The Bertz CT molecular complexity index is 470. The summed E-state index contributed by atoms with van der Waals surface area (Å²) < 4.78 is 0. The molecule has 1 saturated heterocycles. The average molecular weight is 255 g/mol. The van der Waals surface area contributed by atoms with Crippen molar-refractivity contribution in [1.29, 1.82) is 0 Å². The highest BCUT2D eigenvalue weighted by Crippen LogP contribution is 2.25. The van der Waals surface area contributed by atoms with Gasteiger partial charge in [0.15, 0.2) is 0 Å². The van der Waals surface area contributed by atoms with Crippen LogP contribution in [0.4, 0.5) is 5.69 Å². The number of amides is 1. The first kappa shape index (κ1) is 11.9. The van der Waals surface area contributed by atoms with Gasteiger partial charge in [-0.3, -0.25) is 14.9 Å². The standard InChI is InChI=1S/C11H11ClN2O3/c12-8-3-4-9(10(7-8)14(16)17)11(15)13-5-1-2-6-13/h3-4,7H,1-2,5-6H2. The van der Waals surface area contributed by atoms with Crippen LogP contribution in [0, 0.1) is 10.1 Å². The molecule has 90 valence electrons. The number of hydrogen-bond donors (Lipinski definition) is 0. The number of benzene rings is 1. The van der Waals surface area contributed by atoms with Crippen LogP contribution in [0.2, 0.25) is 5.02 Å². The van der Waals surface area contributed by atoms with Crippen molar-refractivity contribution in [3.63, 3.8) is 0 Å². The van der Waals surface area contributed by atoms with Gasteiger partial charge >= 0.3 is 0 Å². The van der Waals surface area contributed by atoms with E-state index >= 15 is 0 Å². The summed E-state index contributed by atoms with van der Waals surface area (Å²) in [5.74, 6) is -0.286. The molecular formula is C11H11ClN2O3. The van der Waals surface area contributed by atoms with Crippen molar-refractivity contribution in [3.05, 3.63) is 38.9 Å². The number of carbonyl (C=O) groups excluding carboxylic acids is 1. The third-order valence-electron chi connectivity index (χ3n) is 2.78. The first-order valence-electron chi connectivity index (χ1n) is 5.33. The van der Waals surface area contributed by atoms with Gasteiger partial charge in [-0.2, -0.15) is 0 Å². The molecule has 0 atom stereocenters. The number of rotatable bonds is 2. The van der Waals surface area contributed by atoms with Crippen LogP contribution in [-0.4, -0.2) is 28.8 Å². The maximum absolute atomic E-state index is 12.1. The lowest BCUT2D eigenvalue weighted by molar-refractivity contribution is -0.385. The zero-order valence-corrected chi connectivity index (χ0v) is 9.81. The first-order valence-corrected chi connectivity index (χ1v) is 5.70. The molecule has 2 rings (SSSR count). The van der Waals surface area contributed by atoms with Gasteiger partial charge in [0.25, 0.3) is 11.6 Å². The van der Waals surface area contributed by atoms with Gasteiger partial charge < -0.3 is 4.90 Å².